The summed E-state index contributed by atoms with van der Waals surface area (Å²) in [7, 11) is 1.46. The molecule has 2 aromatic rings. The van der Waals surface area contributed by atoms with Crippen LogP contribution in [0, 0.1) is 0 Å². The Labute approximate surface area is 182 Å². The van der Waals surface area contributed by atoms with Gasteiger partial charge in [-0.3, -0.25) is 4.79 Å². The average Bonchev–Trinajstić information content (AvgIpc) is 2.63. The maximum absolute atomic E-state index is 13.0. The smallest absolute Gasteiger partial charge is 0.433 e. The van der Waals surface area contributed by atoms with Crippen LogP contribution in [0.1, 0.15) is 32.0 Å². The molecule has 2 amide bonds. The topological polar surface area (TPSA) is 107 Å². The SMILES string of the molecule is CN1C(=O)C(NC(=O)OC(C)(C)C)Cc2cc(N)cc(Oc3cccc(C(F)(F)F)n3)c21. The molecule has 1 unspecified atom stereocenters. The van der Waals surface area contributed by atoms with Crippen LogP contribution >= 0.6 is 0 Å². The third-order valence-corrected chi connectivity index (χ3v) is 4.48. The van der Waals surface area contributed by atoms with Gasteiger partial charge in [0.2, 0.25) is 11.8 Å². The molecule has 0 bridgehead atoms. The minimum absolute atomic E-state index is 0.0680. The van der Waals surface area contributed by atoms with Gasteiger partial charge in [0, 0.05) is 31.3 Å². The summed E-state index contributed by atoms with van der Waals surface area (Å²) < 4.78 is 49.7. The zero-order chi connectivity index (χ0) is 23.8. The lowest BCUT2D eigenvalue weighted by molar-refractivity contribution is -0.141. The largest absolute Gasteiger partial charge is 0.444 e. The molecule has 1 aliphatic rings. The number of benzene rings is 1. The number of aromatic nitrogens is 1. The van der Waals surface area contributed by atoms with Crippen LogP contribution in [0.25, 0.3) is 0 Å². The van der Waals surface area contributed by atoms with Gasteiger partial charge in [0.05, 0.1) is 5.69 Å². The molecule has 3 N–H and O–H groups in total. The molecule has 0 radical (unpaired) electrons. The number of anilines is 2. The number of halogens is 3. The zero-order valence-corrected chi connectivity index (χ0v) is 17.9. The van der Waals surface area contributed by atoms with Crippen molar-refractivity contribution in [3.8, 4) is 11.6 Å². The number of nitrogen functional groups attached to an aromatic ring is 1. The number of nitrogens with one attached hydrogen (secondary N) is 1. The number of ether oxygens (including phenoxy) is 2. The molecule has 1 aliphatic heterocycles. The quantitative estimate of drug-likeness (QED) is 0.685. The van der Waals surface area contributed by atoms with Crippen LogP contribution in [0.15, 0.2) is 30.3 Å². The molecule has 0 saturated carbocycles. The second-order valence-electron chi connectivity index (χ2n) is 8.29. The van der Waals surface area contributed by atoms with E-state index in [2.05, 4.69) is 10.3 Å². The highest BCUT2D eigenvalue weighted by Gasteiger charge is 2.36. The maximum atomic E-state index is 13.0. The first-order valence-electron chi connectivity index (χ1n) is 9.66. The van der Waals surface area contributed by atoms with Crippen LogP contribution in [-0.4, -0.2) is 35.7 Å². The van der Waals surface area contributed by atoms with Gasteiger partial charge >= 0.3 is 12.3 Å². The minimum atomic E-state index is -4.64. The first kappa shape index (κ1) is 23.2. The van der Waals surface area contributed by atoms with Crippen molar-refractivity contribution in [2.75, 3.05) is 17.7 Å². The Balaban J connectivity index is 1.91. The molecule has 0 saturated heterocycles. The van der Waals surface area contributed by atoms with Crippen molar-refractivity contribution in [1.29, 1.82) is 0 Å². The number of fused-ring (bicyclic) bond motifs is 1. The van der Waals surface area contributed by atoms with E-state index in [4.69, 9.17) is 15.2 Å². The van der Waals surface area contributed by atoms with Gasteiger partial charge in [0.1, 0.15) is 17.3 Å². The Morgan fingerprint density at radius 3 is 2.56 bits per heavy atom. The lowest BCUT2D eigenvalue weighted by Gasteiger charge is -2.33. The van der Waals surface area contributed by atoms with Crippen molar-refractivity contribution in [2.45, 2.75) is 45.0 Å². The zero-order valence-electron chi connectivity index (χ0n) is 17.9. The van der Waals surface area contributed by atoms with Gasteiger partial charge in [-0.25, -0.2) is 9.78 Å². The predicted octanol–water partition coefficient (Wildman–Crippen LogP) is 3.89. The first-order valence-corrected chi connectivity index (χ1v) is 9.66. The molecule has 0 fully saturated rings. The monoisotopic (exact) mass is 452 g/mol. The molecule has 172 valence electrons. The normalized spacial score (nSPS) is 16.4. The Morgan fingerprint density at radius 2 is 1.94 bits per heavy atom. The molecule has 8 nitrogen and oxygen atoms in total. The van der Waals surface area contributed by atoms with E-state index in [0.717, 1.165) is 6.07 Å². The molecule has 3 rings (SSSR count). The van der Waals surface area contributed by atoms with Gasteiger partial charge in [-0.15, -0.1) is 0 Å². The molecule has 11 heteroatoms. The van der Waals surface area contributed by atoms with E-state index in [1.165, 1.54) is 30.1 Å². The fourth-order valence-electron chi connectivity index (χ4n) is 3.26. The van der Waals surface area contributed by atoms with Crippen molar-refractivity contribution < 1.29 is 32.2 Å². The van der Waals surface area contributed by atoms with E-state index >= 15 is 0 Å². The number of pyridine rings is 1. The molecule has 1 atom stereocenters. The Bertz CT molecular complexity index is 1050. The number of likely N-dealkylation sites (N-methyl/N-ethyl adjacent to an activating group) is 1. The number of carbonyl (C=O) groups excluding carboxylic acids is 2. The number of rotatable bonds is 3. The third kappa shape index (κ3) is 5.21. The van der Waals surface area contributed by atoms with Gasteiger partial charge in [0.25, 0.3) is 0 Å². The number of nitrogens with two attached hydrogens (primary N) is 1. The van der Waals surface area contributed by atoms with Crippen molar-refractivity contribution in [2.24, 2.45) is 0 Å². The summed E-state index contributed by atoms with van der Waals surface area (Å²) in [6.45, 7) is 5.09. The van der Waals surface area contributed by atoms with Gasteiger partial charge in [0.15, 0.2) is 5.75 Å². The fraction of sp³-hybridized carbons (Fsp3) is 0.381. The first-order chi connectivity index (χ1) is 14.7. The number of carbonyl (C=O) groups is 2. The third-order valence-electron chi connectivity index (χ3n) is 4.48. The number of alkyl halides is 3. The lowest BCUT2D eigenvalue weighted by Crippen LogP contribution is -2.52. The summed E-state index contributed by atoms with van der Waals surface area (Å²) in [5.41, 5.74) is 5.25. The van der Waals surface area contributed by atoms with Gasteiger partial charge in [-0.05, 0) is 38.5 Å². The highest BCUT2D eigenvalue weighted by atomic mass is 19.4. The predicted molar refractivity (Wildman–Crippen MR) is 110 cm³/mol. The average molecular weight is 452 g/mol. The summed E-state index contributed by atoms with van der Waals surface area (Å²) in [4.78, 5) is 29.7. The van der Waals surface area contributed by atoms with E-state index in [0.29, 0.717) is 11.3 Å². The lowest BCUT2D eigenvalue weighted by atomic mass is 9.96. The number of alkyl carbamates (subject to hydrolysis) is 1. The Kier molecular flexibility index (Phi) is 5.94. The highest BCUT2D eigenvalue weighted by Crippen LogP contribution is 2.40. The number of hydrogen-bond donors (Lipinski definition) is 2. The molecule has 0 aliphatic carbocycles. The van der Waals surface area contributed by atoms with Crippen LogP contribution in [0.5, 0.6) is 11.6 Å². The summed E-state index contributed by atoms with van der Waals surface area (Å²) in [6, 6.07) is 5.34. The molecular weight excluding hydrogens is 429 g/mol. The number of hydrogen-bond acceptors (Lipinski definition) is 6. The summed E-state index contributed by atoms with van der Waals surface area (Å²) in [5, 5.41) is 2.54. The summed E-state index contributed by atoms with van der Waals surface area (Å²) >= 11 is 0. The second kappa shape index (κ2) is 8.21. The highest BCUT2D eigenvalue weighted by molar-refractivity contribution is 6.03. The molecule has 0 spiro atoms. The molecular formula is C21H23F3N4O4. The molecule has 1 aromatic heterocycles. The van der Waals surface area contributed by atoms with E-state index in [1.54, 1.807) is 26.8 Å². The number of amides is 2. The van der Waals surface area contributed by atoms with Gasteiger partial charge in [-0.2, -0.15) is 13.2 Å². The van der Waals surface area contributed by atoms with E-state index in [9.17, 15) is 22.8 Å². The van der Waals surface area contributed by atoms with Gasteiger partial charge in [-0.1, -0.05) is 6.07 Å². The van der Waals surface area contributed by atoms with Crippen LogP contribution in [0.2, 0.25) is 0 Å². The molecule has 32 heavy (non-hydrogen) atoms. The maximum Gasteiger partial charge on any atom is 0.433 e. The van der Waals surface area contributed by atoms with Crippen LogP contribution in [-0.2, 0) is 22.1 Å². The Hall–Kier alpha value is -3.50. The van der Waals surface area contributed by atoms with Gasteiger partial charge < -0.3 is 25.4 Å². The van der Waals surface area contributed by atoms with Crippen molar-refractivity contribution in [1.82, 2.24) is 10.3 Å². The molecule has 1 aromatic carbocycles. The fourth-order valence-corrected chi connectivity index (χ4v) is 3.26. The summed E-state index contributed by atoms with van der Waals surface area (Å²) in [6.07, 6.45) is -5.29. The molecule has 2 heterocycles. The van der Waals surface area contributed by atoms with Crippen LogP contribution < -0.4 is 20.7 Å². The Morgan fingerprint density at radius 1 is 1.25 bits per heavy atom. The van der Waals surface area contributed by atoms with E-state index in [-0.39, 0.29) is 23.7 Å². The van der Waals surface area contributed by atoms with Crippen LogP contribution in [0.4, 0.5) is 29.3 Å². The van der Waals surface area contributed by atoms with E-state index < -0.39 is 35.5 Å². The standard InChI is InChI=1S/C21H23F3N4O4/c1-20(2,3)32-19(30)26-13-9-11-8-12(25)10-14(17(11)28(4)18(13)29)31-16-7-5-6-15(27-16)21(22,23)24/h5-8,10,13H,9,25H2,1-4H3,(H,26,30). The van der Waals surface area contributed by atoms with E-state index in [1.807, 2.05) is 0 Å². The van der Waals surface area contributed by atoms with Crippen molar-refractivity contribution in [3.05, 3.63) is 41.6 Å². The second-order valence-corrected chi connectivity index (χ2v) is 8.29. The summed E-state index contributed by atoms with van der Waals surface area (Å²) in [5.74, 6) is -0.684. The van der Waals surface area contributed by atoms with Crippen molar-refractivity contribution in [3.63, 3.8) is 0 Å². The van der Waals surface area contributed by atoms with Crippen molar-refractivity contribution >= 4 is 23.4 Å². The van der Waals surface area contributed by atoms with Crippen LogP contribution in [0.3, 0.4) is 0 Å². The minimum Gasteiger partial charge on any atom is -0.444 e. The number of nitrogens with zero attached hydrogens (tertiary/aromatic N) is 2.